The number of hydrogen-bond donors (Lipinski definition) is 2. The molecule has 4 nitrogen and oxygen atoms in total. The first-order valence-electron chi connectivity index (χ1n) is 5.14. The summed E-state index contributed by atoms with van der Waals surface area (Å²) in [5.74, 6) is -0.0904. The monoisotopic (exact) mass is 262 g/mol. The maximum absolute atomic E-state index is 12.4. The highest BCUT2D eigenvalue weighted by Crippen LogP contribution is 2.33. The van der Waals surface area contributed by atoms with Gasteiger partial charge in [-0.1, -0.05) is 0 Å². The summed E-state index contributed by atoms with van der Waals surface area (Å²) in [4.78, 5) is 10.9. The van der Waals surface area contributed by atoms with Crippen molar-refractivity contribution in [2.24, 2.45) is 0 Å². The van der Waals surface area contributed by atoms with Crippen molar-refractivity contribution >= 4 is 11.6 Å². The molecule has 0 heterocycles. The molecule has 1 aromatic rings. The minimum absolute atomic E-state index is 0.0508. The number of ether oxygens (including phenoxy) is 1. The molecule has 0 bridgehead atoms. The Morgan fingerprint density at radius 1 is 1.44 bits per heavy atom. The van der Waals surface area contributed by atoms with Gasteiger partial charge < -0.3 is 15.8 Å². The van der Waals surface area contributed by atoms with E-state index in [9.17, 15) is 18.0 Å². The summed E-state index contributed by atoms with van der Waals surface area (Å²) in [6.07, 6.45) is -4.33. The Labute approximate surface area is 102 Å². The SMILES string of the molecule is CNC(=O)CCOc1ccc(C(F)(F)F)cc1N. The third-order valence-electron chi connectivity index (χ3n) is 2.20. The first-order valence-corrected chi connectivity index (χ1v) is 5.14. The summed E-state index contributed by atoms with van der Waals surface area (Å²) in [7, 11) is 1.48. The molecule has 1 aromatic carbocycles. The minimum atomic E-state index is -4.44. The Morgan fingerprint density at radius 3 is 2.61 bits per heavy atom. The van der Waals surface area contributed by atoms with E-state index < -0.39 is 11.7 Å². The number of anilines is 1. The second kappa shape index (κ2) is 5.61. The van der Waals surface area contributed by atoms with Gasteiger partial charge in [0.15, 0.2) is 0 Å². The van der Waals surface area contributed by atoms with Gasteiger partial charge in [0, 0.05) is 7.05 Å². The van der Waals surface area contributed by atoms with Crippen molar-refractivity contribution in [1.82, 2.24) is 5.32 Å². The second-order valence-electron chi connectivity index (χ2n) is 3.52. The van der Waals surface area contributed by atoms with Gasteiger partial charge in [-0.25, -0.2) is 0 Å². The Bertz CT molecular complexity index is 433. The topological polar surface area (TPSA) is 64.3 Å². The number of carbonyl (C=O) groups is 1. The summed E-state index contributed by atoms with van der Waals surface area (Å²) in [5.41, 5.74) is 4.50. The molecule has 0 atom stereocenters. The molecule has 0 aliphatic rings. The van der Waals surface area contributed by atoms with Crippen molar-refractivity contribution in [3.63, 3.8) is 0 Å². The third-order valence-corrected chi connectivity index (χ3v) is 2.20. The lowest BCUT2D eigenvalue weighted by molar-refractivity contribution is -0.137. The molecule has 0 saturated carbocycles. The average molecular weight is 262 g/mol. The maximum Gasteiger partial charge on any atom is 0.416 e. The van der Waals surface area contributed by atoms with Crippen LogP contribution in [0, 0.1) is 0 Å². The Kier molecular flexibility index (Phi) is 4.41. The number of halogens is 3. The minimum Gasteiger partial charge on any atom is -0.491 e. The van der Waals surface area contributed by atoms with E-state index in [0.717, 1.165) is 18.2 Å². The van der Waals surface area contributed by atoms with Crippen molar-refractivity contribution in [2.45, 2.75) is 12.6 Å². The van der Waals surface area contributed by atoms with Crippen molar-refractivity contribution in [3.8, 4) is 5.75 Å². The fourth-order valence-corrected chi connectivity index (χ4v) is 1.23. The van der Waals surface area contributed by atoms with Gasteiger partial charge in [0.25, 0.3) is 0 Å². The highest BCUT2D eigenvalue weighted by atomic mass is 19.4. The van der Waals surface area contributed by atoms with E-state index in [4.69, 9.17) is 10.5 Å². The van der Waals surface area contributed by atoms with E-state index in [-0.39, 0.29) is 30.4 Å². The van der Waals surface area contributed by atoms with Gasteiger partial charge in [-0.3, -0.25) is 4.79 Å². The normalized spacial score (nSPS) is 11.1. The number of nitrogen functional groups attached to an aromatic ring is 1. The quantitative estimate of drug-likeness (QED) is 0.813. The van der Waals surface area contributed by atoms with Crippen LogP contribution in [0.2, 0.25) is 0 Å². The van der Waals surface area contributed by atoms with Crippen LogP contribution in [0.25, 0.3) is 0 Å². The second-order valence-corrected chi connectivity index (χ2v) is 3.52. The zero-order valence-electron chi connectivity index (χ0n) is 9.67. The van der Waals surface area contributed by atoms with Crippen LogP contribution in [0.4, 0.5) is 18.9 Å². The van der Waals surface area contributed by atoms with E-state index in [1.54, 1.807) is 0 Å². The van der Waals surface area contributed by atoms with Gasteiger partial charge >= 0.3 is 6.18 Å². The number of benzene rings is 1. The molecular weight excluding hydrogens is 249 g/mol. The van der Waals surface area contributed by atoms with Crippen LogP contribution < -0.4 is 15.8 Å². The Morgan fingerprint density at radius 2 is 2.11 bits per heavy atom. The van der Waals surface area contributed by atoms with E-state index in [0.29, 0.717) is 0 Å². The first kappa shape index (κ1) is 14.1. The number of nitrogens with one attached hydrogen (secondary N) is 1. The fraction of sp³-hybridized carbons (Fsp3) is 0.364. The van der Waals surface area contributed by atoms with Crippen molar-refractivity contribution in [3.05, 3.63) is 23.8 Å². The van der Waals surface area contributed by atoms with Crippen LogP contribution in [-0.2, 0) is 11.0 Å². The zero-order chi connectivity index (χ0) is 13.8. The van der Waals surface area contributed by atoms with Gasteiger partial charge in [0.2, 0.25) is 5.91 Å². The summed E-state index contributed by atoms with van der Waals surface area (Å²) in [6, 6.07) is 2.82. The van der Waals surface area contributed by atoms with E-state index in [1.807, 2.05) is 0 Å². The van der Waals surface area contributed by atoms with Crippen molar-refractivity contribution < 1.29 is 22.7 Å². The van der Waals surface area contributed by atoms with E-state index >= 15 is 0 Å². The fourth-order valence-electron chi connectivity index (χ4n) is 1.23. The molecule has 0 aliphatic heterocycles. The molecule has 0 aliphatic carbocycles. The molecule has 100 valence electrons. The van der Waals surface area contributed by atoms with Gasteiger partial charge in [-0.15, -0.1) is 0 Å². The summed E-state index contributed by atoms with van der Waals surface area (Å²) in [5, 5.41) is 2.40. The van der Waals surface area contributed by atoms with Crippen molar-refractivity contribution in [2.75, 3.05) is 19.4 Å². The Balaban J connectivity index is 2.66. The molecule has 0 fully saturated rings. The number of rotatable bonds is 4. The third kappa shape index (κ3) is 3.83. The summed E-state index contributed by atoms with van der Waals surface area (Å²) in [6.45, 7) is 0.0508. The highest BCUT2D eigenvalue weighted by molar-refractivity contribution is 5.75. The lowest BCUT2D eigenvalue weighted by Gasteiger charge is -2.11. The summed E-state index contributed by atoms with van der Waals surface area (Å²) < 4.78 is 42.2. The van der Waals surface area contributed by atoms with Crippen LogP contribution >= 0.6 is 0 Å². The predicted molar refractivity (Wildman–Crippen MR) is 60.0 cm³/mol. The summed E-state index contributed by atoms with van der Waals surface area (Å²) >= 11 is 0. The lowest BCUT2D eigenvalue weighted by Crippen LogP contribution is -2.20. The molecule has 0 radical (unpaired) electrons. The highest BCUT2D eigenvalue weighted by Gasteiger charge is 2.30. The van der Waals surface area contributed by atoms with Gasteiger partial charge in [-0.05, 0) is 18.2 Å². The molecular formula is C11H13F3N2O2. The lowest BCUT2D eigenvalue weighted by atomic mass is 10.2. The van der Waals surface area contributed by atoms with Crippen LogP contribution in [0.15, 0.2) is 18.2 Å². The smallest absolute Gasteiger partial charge is 0.416 e. The van der Waals surface area contributed by atoms with Crippen LogP contribution in [0.3, 0.4) is 0 Å². The van der Waals surface area contributed by atoms with E-state index in [1.165, 1.54) is 7.05 Å². The van der Waals surface area contributed by atoms with Crippen LogP contribution in [-0.4, -0.2) is 19.6 Å². The number of carbonyl (C=O) groups excluding carboxylic acids is 1. The number of nitrogens with two attached hydrogens (primary N) is 1. The number of alkyl halides is 3. The standard InChI is InChI=1S/C11H13F3N2O2/c1-16-10(17)4-5-18-9-3-2-7(6-8(9)15)11(12,13)14/h2-3,6H,4-5,15H2,1H3,(H,16,17). The Hall–Kier alpha value is -1.92. The average Bonchev–Trinajstić information content (AvgIpc) is 2.29. The van der Waals surface area contributed by atoms with Crippen molar-refractivity contribution in [1.29, 1.82) is 0 Å². The number of amides is 1. The molecule has 1 rings (SSSR count). The predicted octanol–water partition coefficient (Wildman–Crippen LogP) is 1.80. The molecule has 0 spiro atoms. The molecule has 0 unspecified atom stereocenters. The van der Waals surface area contributed by atoms with Crippen LogP contribution in [0.5, 0.6) is 5.75 Å². The van der Waals surface area contributed by atoms with E-state index in [2.05, 4.69) is 5.32 Å². The first-order chi connectivity index (χ1) is 8.34. The largest absolute Gasteiger partial charge is 0.491 e. The van der Waals surface area contributed by atoms with Gasteiger partial charge in [0.1, 0.15) is 5.75 Å². The molecule has 7 heteroatoms. The molecule has 1 amide bonds. The van der Waals surface area contributed by atoms with Crippen LogP contribution in [0.1, 0.15) is 12.0 Å². The van der Waals surface area contributed by atoms with Gasteiger partial charge in [0.05, 0.1) is 24.3 Å². The van der Waals surface area contributed by atoms with Gasteiger partial charge in [-0.2, -0.15) is 13.2 Å². The molecule has 3 N–H and O–H groups in total. The molecule has 18 heavy (non-hydrogen) atoms. The molecule has 0 aromatic heterocycles. The molecule has 0 saturated heterocycles. The number of hydrogen-bond acceptors (Lipinski definition) is 3. The zero-order valence-corrected chi connectivity index (χ0v) is 9.67. The maximum atomic E-state index is 12.4.